The molecular weight excluding hydrogens is 380 g/mol. The number of methoxy groups -OCH3 is 1. The van der Waals surface area contributed by atoms with Gasteiger partial charge in [0.05, 0.1) is 13.7 Å². The van der Waals surface area contributed by atoms with Gasteiger partial charge in [0.1, 0.15) is 12.6 Å². The average Bonchev–Trinajstić information content (AvgIpc) is 3.60. The largest absolute Gasteiger partial charge is 0.493 e. The van der Waals surface area contributed by atoms with E-state index >= 15 is 0 Å². The van der Waals surface area contributed by atoms with Crippen LogP contribution in [0.25, 0.3) is 0 Å². The van der Waals surface area contributed by atoms with Crippen LogP contribution in [0.2, 0.25) is 0 Å². The van der Waals surface area contributed by atoms with E-state index in [0.29, 0.717) is 18.1 Å². The molecule has 3 fully saturated rings. The molecule has 1 atom stereocenters. The summed E-state index contributed by atoms with van der Waals surface area (Å²) in [7, 11) is 1.61. The number of amides is 2. The first-order valence-electron chi connectivity index (χ1n) is 11.6. The van der Waals surface area contributed by atoms with Gasteiger partial charge in [0, 0.05) is 12.1 Å². The first-order chi connectivity index (χ1) is 14.6. The monoisotopic (exact) mass is 414 g/mol. The summed E-state index contributed by atoms with van der Waals surface area (Å²) in [6.07, 6.45) is 9.59. The van der Waals surface area contributed by atoms with Crippen molar-refractivity contribution in [3.8, 4) is 11.5 Å². The van der Waals surface area contributed by atoms with Gasteiger partial charge in [0.15, 0.2) is 11.5 Å². The molecule has 6 heteroatoms. The van der Waals surface area contributed by atoms with Crippen LogP contribution >= 0.6 is 0 Å². The first-order valence-corrected chi connectivity index (χ1v) is 11.6. The lowest BCUT2D eigenvalue weighted by Crippen LogP contribution is -2.58. The molecule has 0 N–H and O–H groups in total. The van der Waals surface area contributed by atoms with Crippen LogP contribution in [-0.2, 0) is 9.59 Å². The van der Waals surface area contributed by atoms with Crippen molar-refractivity contribution in [2.24, 2.45) is 0 Å². The number of hydrogen-bond acceptors (Lipinski definition) is 4. The highest BCUT2D eigenvalue weighted by molar-refractivity contribution is 5.96. The number of rotatable bonds is 7. The summed E-state index contributed by atoms with van der Waals surface area (Å²) in [5.74, 6) is 1.44. The number of hydrogen-bond donors (Lipinski definition) is 0. The van der Waals surface area contributed by atoms with E-state index in [1.807, 2.05) is 28.0 Å². The first kappa shape index (κ1) is 21.0. The Balaban J connectivity index is 1.65. The molecule has 2 amide bonds. The van der Waals surface area contributed by atoms with E-state index in [0.717, 1.165) is 50.5 Å². The van der Waals surface area contributed by atoms with E-state index in [1.54, 1.807) is 7.11 Å². The van der Waals surface area contributed by atoms with Crippen LogP contribution in [-0.4, -0.2) is 54.0 Å². The Morgan fingerprint density at radius 2 is 1.70 bits per heavy atom. The van der Waals surface area contributed by atoms with Crippen LogP contribution in [0, 0.1) is 0 Å². The molecule has 30 heavy (non-hydrogen) atoms. The molecule has 1 unspecified atom stereocenters. The molecule has 4 rings (SSSR count). The zero-order chi connectivity index (χ0) is 21.1. The van der Waals surface area contributed by atoms with Crippen molar-refractivity contribution in [3.63, 3.8) is 0 Å². The summed E-state index contributed by atoms with van der Waals surface area (Å²) >= 11 is 0. The highest BCUT2D eigenvalue weighted by Crippen LogP contribution is 2.41. The Bertz CT molecular complexity index is 768. The lowest BCUT2D eigenvalue weighted by molar-refractivity contribution is -0.159. The van der Waals surface area contributed by atoms with Gasteiger partial charge in [-0.3, -0.25) is 9.59 Å². The van der Waals surface area contributed by atoms with E-state index in [2.05, 4.69) is 6.92 Å². The minimum atomic E-state index is -0.559. The number of carbonyl (C=O) groups is 2. The molecule has 0 spiro atoms. The second-order valence-corrected chi connectivity index (χ2v) is 8.81. The van der Waals surface area contributed by atoms with Crippen LogP contribution in [0.3, 0.4) is 0 Å². The molecule has 1 heterocycles. The number of benzene rings is 1. The Labute approximate surface area is 179 Å². The van der Waals surface area contributed by atoms with Crippen molar-refractivity contribution in [1.82, 2.24) is 9.80 Å². The number of ether oxygens (including phenoxy) is 2. The molecule has 2 aliphatic carbocycles. The lowest BCUT2D eigenvalue weighted by Gasteiger charge is -2.44. The highest BCUT2D eigenvalue weighted by atomic mass is 16.5. The van der Waals surface area contributed by atoms with Crippen molar-refractivity contribution in [2.75, 3.05) is 20.3 Å². The minimum Gasteiger partial charge on any atom is -0.493 e. The third-order valence-electron chi connectivity index (χ3n) is 6.56. The van der Waals surface area contributed by atoms with Crippen LogP contribution in [0.1, 0.15) is 76.3 Å². The molecule has 1 aromatic carbocycles. The third-order valence-corrected chi connectivity index (χ3v) is 6.56. The standard InChI is InChI=1S/C24H34N2O4/c1-3-14-30-20-13-10-17(15-21(20)29-2)23-24(28)25(18-8-6-4-5-7-9-18)16-22(27)26(23)19-11-12-19/h10,13,15,18-19,23H,3-9,11-12,14,16H2,1-2H3. The van der Waals surface area contributed by atoms with Gasteiger partial charge < -0.3 is 19.3 Å². The Morgan fingerprint density at radius 3 is 2.33 bits per heavy atom. The van der Waals surface area contributed by atoms with Gasteiger partial charge in [0.2, 0.25) is 5.91 Å². The summed E-state index contributed by atoms with van der Waals surface area (Å²) in [4.78, 5) is 30.6. The van der Waals surface area contributed by atoms with Gasteiger partial charge in [-0.1, -0.05) is 38.7 Å². The average molecular weight is 415 g/mol. The summed E-state index contributed by atoms with van der Waals surface area (Å²) < 4.78 is 11.3. The maximum Gasteiger partial charge on any atom is 0.250 e. The fourth-order valence-corrected chi connectivity index (χ4v) is 4.86. The molecule has 0 bridgehead atoms. The zero-order valence-electron chi connectivity index (χ0n) is 18.3. The predicted molar refractivity (Wildman–Crippen MR) is 115 cm³/mol. The van der Waals surface area contributed by atoms with E-state index in [-0.39, 0.29) is 30.4 Å². The fourth-order valence-electron chi connectivity index (χ4n) is 4.86. The normalized spacial score (nSPS) is 23.5. The second-order valence-electron chi connectivity index (χ2n) is 8.81. The summed E-state index contributed by atoms with van der Waals surface area (Å²) in [6, 6.07) is 5.49. The van der Waals surface area contributed by atoms with E-state index in [4.69, 9.17) is 9.47 Å². The van der Waals surface area contributed by atoms with Crippen molar-refractivity contribution in [3.05, 3.63) is 23.8 Å². The Morgan fingerprint density at radius 1 is 0.967 bits per heavy atom. The molecule has 1 aliphatic heterocycles. The van der Waals surface area contributed by atoms with Crippen molar-refractivity contribution in [1.29, 1.82) is 0 Å². The number of nitrogens with zero attached hydrogens (tertiary/aromatic N) is 2. The van der Waals surface area contributed by atoms with E-state index < -0.39 is 6.04 Å². The topological polar surface area (TPSA) is 59.1 Å². The van der Waals surface area contributed by atoms with Crippen LogP contribution in [0.5, 0.6) is 11.5 Å². The fraction of sp³-hybridized carbons (Fsp3) is 0.667. The molecule has 0 aromatic heterocycles. The minimum absolute atomic E-state index is 0.0673. The van der Waals surface area contributed by atoms with E-state index in [9.17, 15) is 9.59 Å². The summed E-state index contributed by atoms with van der Waals surface area (Å²) in [5, 5.41) is 0. The van der Waals surface area contributed by atoms with Gasteiger partial charge in [0.25, 0.3) is 5.91 Å². The van der Waals surface area contributed by atoms with Gasteiger partial charge in [-0.15, -0.1) is 0 Å². The molecular formula is C24H34N2O4. The maximum atomic E-state index is 13.7. The SMILES string of the molecule is CCCOc1ccc(C2C(=O)N(C3CCCCCC3)CC(=O)N2C2CC2)cc1OC. The van der Waals surface area contributed by atoms with Crippen LogP contribution in [0.4, 0.5) is 0 Å². The van der Waals surface area contributed by atoms with Crippen LogP contribution < -0.4 is 9.47 Å². The molecule has 6 nitrogen and oxygen atoms in total. The zero-order valence-corrected chi connectivity index (χ0v) is 18.3. The number of piperazine rings is 1. The van der Waals surface area contributed by atoms with Crippen molar-refractivity contribution >= 4 is 11.8 Å². The molecule has 3 aliphatic rings. The quantitative estimate of drug-likeness (QED) is 0.631. The molecule has 0 radical (unpaired) electrons. The highest BCUT2D eigenvalue weighted by Gasteiger charge is 2.48. The molecule has 2 saturated carbocycles. The summed E-state index contributed by atoms with van der Waals surface area (Å²) in [6.45, 7) is 2.90. The van der Waals surface area contributed by atoms with Gasteiger partial charge in [-0.2, -0.15) is 0 Å². The van der Waals surface area contributed by atoms with Crippen molar-refractivity contribution < 1.29 is 19.1 Å². The third kappa shape index (κ3) is 4.28. The summed E-state index contributed by atoms with van der Waals surface area (Å²) in [5.41, 5.74) is 0.819. The predicted octanol–water partition coefficient (Wildman–Crippen LogP) is 4.08. The van der Waals surface area contributed by atoms with Gasteiger partial charge in [-0.05, 0) is 49.8 Å². The molecule has 1 aromatic rings. The smallest absolute Gasteiger partial charge is 0.250 e. The van der Waals surface area contributed by atoms with Gasteiger partial charge in [-0.25, -0.2) is 0 Å². The maximum absolute atomic E-state index is 13.7. The lowest BCUT2D eigenvalue weighted by atomic mass is 9.97. The Kier molecular flexibility index (Phi) is 6.49. The molecule has 1 saturated heterocycles. The van der Waals surface area contributed by atoms with Crippen LogP contribution in [0.15, 0.2) is 18.2 Å². The molecule has 164 valence electrons. The van der Waals surface area contributed by atoms with E-state index in [1.165, 1.54) is 12.8 Å². The van der Waals surface area contributed by atoms with Gasteiger partial charge >= 0.3 is 0 Å². The van der Waals surface area contributed by atoms with Crippen molar-refractivity contribution in [2.45, 2.75) is 82.8 Å². The second kappa shape index (κ2) is 9.27. The number of carbonyl (C=O) groups excluding carboxylic acids is 2. The Hall–Kier alpha value is -2.24.